The van der Waals surface area contributed by atoms with Crippen molar-refractivity contribution in [2.75, 3.05) is 13.2 Å². The van der Waals surface area contributed by atoms with E-state index in [1.807, 2.05) is 20.8 Å². The minimum atomic E-state index is -0.504. The SMILES string of the molecule is CCOC(C)(C)c1noc(C2(CN)CCC2)n1. The molecule has 17 heavy (non-hydrogen) atoms. The molecule has 0 radical (unpaired) electrons. The molecule has 0 unspecified atom stereocenters. The lowest BCUT2D eigenvalue weighted by Gasteiger charge is -2.37. The Balaban J connectivity index is 2.21. The largest absolute Gasteiger partial charge is 0.368 e. The summed E-state index contributed by atoms with van der Waals surface area (Å²) in [6.07, 6.45) is 3.27. The molecule has 0 atom stereocenters. The lowest BCUT2D eigenvalue weighted by atomic mass is 9.69. The highest BCUT2D eigenvalue weighted by atomic mass is 16.5. The quantitative estimate of drug-likeness (QED) is 0.846. The van der Waals surface area contributed by atoms with E-state index in [0.717, 1.165) is 12.8 Å². The standard InChI is InChI=1S/C12H21N3O2/c1-4-16-11(2,3)9-14-10(17-15-9)12(8-13)6-5-7-12/h4-8,13H2,1-3H3. The first-order valence-corrected chi connectivity index (χ1v) is 6.23. The molecular formula is C12H21N3O2. The van der Waals surface area contributed by atoms with Crippen molar-refractivity contribution in [3.8, 4) is 0 Å². The van der Waals surface area contributed by atoms with Crippen LogP contribution >= 0.6 is 0 Å². The van der Waals surface area contributed by atoms with Crippen LogP contribution in [0.3, 0.4) is 0 Å². The lowest BCUT2D eigenvalue weighted by Crippen LogP contribution is -2.42. The molecule has 1 fully saturated rings. The topological polar surface area (TPSA) is 74.2 Å². The summed E-state index contributed by atoms with van der Waals surface area (Å²) in [5, 5.41) is 4.04. The Morgan fingerprint density at radius 3 is 2.65 bits per heavy atom. The summed E-state index contributed by atoms with van der Waals surface area (Å²) < 4.78 is 11.0. The van der Waals surface area contributed by atoms with Crippen LogP contribution < -0.4 is 5.73 Å². The second kappa shape index (κ2) is 4.38. The molecule has 0 bridgehead atoms. The summed E-state index contributed by atoms with van der Waals surface area (Å²) in [7, 11) is 0. The molecule has 1 aliphatic carbocycles. The second-order valence-electron chi connectivity index (χ2n) is 5.20. The Labute approximate surface area is 102 Å². The third kappa shape index (κ3) is 2.09. The Bertz CT molecular complexity index is 377. The number of ether oxygens (including phenoxy) is 1. The van der Waals surface area contributed by atoms with Gasteiger partial charge in [-0.05, 0) is 33.6 Å². The number of hydrogen-bond acceptors (Lipinski definition) is 5. The summed E-state index contributed by atoms with van der Waals surface area (Å²) in [5.74, 6) is 1.28. The predicted molar refractivity (Wildman–Crippen MR) is 63.5 cm³/mol. The molecule has 0 saturated heterocycles. The molecule has 2 N–H and O–H groups in total. The summed E-state index contributed by atoms with van der Waals surface area (Å²) >= 11 is 0. The Hall–Kier alpha value is -0.940. The summed E-state index contributed by atoms with van der Waals surface area (Å²) in [6, 6.07) is 0. The van der Waals surface area contributed by atoms with Gasteiger partial charge in [-0.1, -0.05) is 11.6 Å². The van der Waals surface area contributed by atoms with Gasteiger partial charge in [-0.3, -0.25) is 0 Å². The molecule has 5 heteroatoms. The van der Waals surface area contributed by atoms with Gasteiger partial charge in [0.1, 0.15) is 5.60 Å². The number of rotatable bonds is 5. The molecule has 0 amide bonds. The predicted octanol–water partition coefficient (Wildman–Crippen LogP) is 1.72. The molecule has 1 heterocycles. The average Bonchev–Trinajstić information content (AvgIpc) is 2.67. The van der Waals surface area contributed by atoms with Crippen LogP contribution in [0.5, 0.6) is 0 Å². The molecule has 1 aromatic rings. The van der Waals surface area contributed by atoms with Gasteiger partial charge in [0.05, 0.1) is 5.41 Å². The zero-order valence-corrected chi connectivity index (χ0v) is 10.8. The summed E-state index contributed by atoms with van der Waals surface area (Å²) in [6.45, 7) is 7.04. The first-order valence-electron chi connectivity index (χ1n) is 6.23. The van der Waals surface area contributed by atoms with Gasteiger partial charge in [0.2, 0.25) is 11.7 Å². The molecule has 0 aromatic carbocycles. The van der Waals surface area contributed by atoms with Gasteiger partial charge in [-0.2, -0.15) is 4.98 Å². The molecule has 1 aromatic heterocycles. The van der Waals surface area contributed by atoms with Crippen molar-refractivity contribution < 1.29 is 9.26 Å². The van der Waals surface area contributed by atoms with Crippen LogP contribution in [-0.2, 0) is 15.8 Å². The first-order chi connectivity index (χ1) is 8.04. The van der Waals surface area contributed by atoms with Crippen molar-refractivity contribution in [3.63, 3.8) is 0 Å². The molecular weight excluding hydrogens is 218 g/mol. The van der Waals surface area contributed by atoms with Crippen molar-refractivity contribution in [1.29, 1.82) is 0 Å². The van der Waals surface area contributed by atoms with Crippen LogP contribution in [0.1, 0.15) is 51.7 Å². The van der Waals surface area contributed by atoms with Gasteiger partial charge < -0.3 is 15.0 Å². The van der Waals surface area contributed by atoms with Crippen LogP contribution in [0, 0.1) is 0 Å². The summed E-state index contributed by atoms with van der Waals surface area (Å²) in [4.78, 5) is 4.48. The van der Waals surface area contributed by atoms with Crippen molar-refractivity contribution >= 4 is 0 Å². The fraction of sp³-hybridized carbons (Fsp3) is 0.833. The van der Waals surface area contributed by atoms with E-state index in [-0.39, 0.29) is 5.41 Å². The van der Waals surface area contributed by atoms with Crippen LogP contribution in [0.25, 0.3) is 0 Å². The van der Waals surface area contributed by atoms with Crippen LogP contribution in [-0.4, -0.2) is 23.3 Å². The average molecular weight is 239 g/mol. The van der Waals surface area contributed by atoms with E-state index in [0.29, 0.717) is 24.9 Å². The van der Waals surface area contributed by atoms with Gasteiger partial charge in [0.15, 0.2) is 0 Å². The van der Waals surface area contributed by atoms with Gasteiger partial charge in [-0.25, -0.2) is 0 Å². The molecule has 2 rings (SSSR count). The maximum Gasteiger partial charge on any atom is 0.234 e. The minimum Gasteiger partial charge on any atom is -0.368 e. The van der Waals surface area contributed by atoms with Crippen molar-refractivity contribution in [3.05, 3.63) is 11.7 Å². The third-order valence-electron chi connectivity index (χ3n) is 3.62. The fourth-order valence-electron chi connectivity index (χ4n) is 2.22. The van der Waals surface area contributed by atoms with E-state index in [9.17, 15) is 0 Å². The zero-order chi connectivity index (χ0) is 12.5. The van der Waals surface area contributed by atoms with E-state index in [2.05, 4.69) is 10.1 Å². The molecule has 96 valence electrons. The normalized spacial score (nSPS) is 19.1. The highest BCUT2D eigenvalue weighted by Gasteiger charge is 2.43. The van der Waals surface area contributed by atoms with E-state index >= 15 is 0 Å². The smallest absolute Gasteiger partial charge is 0.234 e. The molecule has 1 saturated carbocycles. The van der Waals surface area contributed by atoms with Crippen LogP contribution in [0.4, 0.5) is 0 Å². The molecule has 0 spiro atoms. The maximum absolute atomic E-state index is 5.82. The van der Waals surface area contributed by atoms with Gasteiger partial charge in [-0.15, -0.1) is 0 Å². The highest BCUT2D eigenvalue weighted by Crippen LogP contribution is 2.42. The van der Waals surface area contributed by atoms with E-state index < -0.39 is 5.60 Å². The number of hydrogen-bond donors (Lipinski definition) is 1. The van der Waals surface area contributed by atoms with Crippen LogP contribution in [0.2, 0.25) is 0 Å². The molecule has 5 nitrogen and oxygen atoms in total. The number of nitrogens with zero attached hydrogens (tertiary/aromatic N) is 2. The van der Waals surface area contributed by atoms with Crippen molar-refractivity contribution in [2.45, 2.75) is 51.0 Å². The van der Waals surface area contributed by atoms with Crippen molar-refractivity contribution in [1.82, 2.24) is 10.1 Å². The van der Waals surface area contributed by atoms with Gasteiger partial charge >= 0.3 is 0 Å². The highest BCUT2D eigenvalue weighted by molar-refractivity contribution is 5.12. The first kappa shape index (κ1) is 12.5. The van der Waals surface area contributed by atoms with Gasteiger partial charge in [0, 0.05) is 13.2 Å². The van der Waals surface area contributed by atoms with E-state index in [4.69, 9.17) is 15.0 Å². The van der Waals surface area contributed by atoms with Gasteiger partial charge in [0.25, 0.3) is 0 Å². The van der Waals surface area contributed by atoms with E-state index in [1.54, 1.807) is 0 Å². The van der Waals surface area contributed by atoms with Crippen molar-refractivity contribution in [2.24, 2.45) is 5.73 Å². The lowest BCUT2D eigenvalue weighted by molar-refractivity contribution is -0.0221. The Morgan fingerprint density at radius 1 is 1.47 bits per heavy atom. The number of nitrogens with two attached hydrogens (primary N) is 1. The summed E-state index contributed by atoms with van der Waals surface area (Å²) in [5.41, 5.74) is 5.24. The minimum absolute atomic E-state index is 0.0758. The fourth-order valence-corrected chi connectivity index (χ4v) is 2.22. The van der Waals surface area contributed by atoms with Crippen LogP contribution in [0.15, 0.2) is 4.52 Å². The molecule has 0 aliphatic heterocycles. The Morgan fingerprint density at radius 2 is 2.18 bits per heavy atom. The molecule has 1 aliphatic rings. The Kier molecular flexibility index (Phi) is 3.23. The zero-order valence-electron chi connectivity index (χ0n) is 10.8. The number of aromatic nitrogens is 2. The van der Waals surface area contributed by atoms with E-state index in [1.165, 1.54) is 6.42 Å². The third-order valence-corrected chi connectivity index (χ3v) is 3.62. The maximum atomic E-state index is 5.82. The monoisotopic (exact) mass is 239 g/mol. The second-order valence-corrected chi connectivity index (χ2v) is 5.20.